The molecule has 0 aliphatic carbocycles. The molecule has 2 heterocycles. The number of benzene rings is 1. The second kappa shape index (κ2) is 5.15. The average molecular weight is 296 g/mol. The van der Waals surface area contributed by atoms with Gasteiger partial charge in [0.25, 0.3) is 0 Å². The Hall–Kier alpha value is -1.87. The zero-order valence-electron chi connectivity index (χ0n) is 12.9. The SMILES string of the molecule is Cc1nc(-c2ccc(-c3ccc(C(C)(C)C)s3)cc2)c[nH]1. The van der Waals surface area contributed by atoms with Gasteiger partial charge in [0, 0.05) is 21.5 Å². The number of nitrogens with zero attached hydrogens (tertiary/aromatic N) is 1. The normalized spacial score (nSPS) is 11.8. The molecule has 0 radical (unpaired) electrons. The highest BCUT2D eigenvalue weighted by Gasteiger charge is 2.16. The number of imidazole rings is 1. The highest BCUT2D eigenvalue weighted by atomic mass is 32.1. The molecule has 0 aliphatic rings. The monoisotopic (exact) mass is 296 g/mol. The fraction of sp³-hybridized carbons (Fsp3) is 0.278. The lowest BCUT2D eigenvalue weighted by molar-refractivity contribution is 0.604. The molecule has 0 saturated heterocycles. The van der Waals surface area contributed by atoms with Crippen molar-refractivity contribution in [2.24, 2.45) is 0 Å². The standard InChI is InChI=1S/C18H20N2S/c1-12-19-11-15(20-12)13-5-7-14(8-6-13)16-9-10-17(21-16)18(2,3)4/h5-11H,1-4H3,(H,19,20). The molecule has 2 aromatic heterocycles. The first kappa shape index (κ1) is 14.1. The number of aryl methyl sites for hydroxylation is 1. The van der Waals surface area contributed by atoms with Gasteiger partial charge in [-0.1, -0.05) is 45.0 Å². The van der Waals surface area contributed by atoms with Gasteiger partial charge >= 0.3 is 0 Å². The van der Waals surface area contributed by atoms with Crippen LogP contribution >= 0.6 is 11.3 Å². The molecule has 3 aromatic rings. The molecule has 0 saturated carbocycles. The van der Waals surface area contributed by atoms with E-state index in [1.807, 2.05) is 24.5 Å². The quantitative estimate of drug-likeness (QED) is 0.673. The van der Waals surface area contributed by atoms with Gasteiger partial charge in [0.05, 0.1) is 5.69 Å². The van der Waals surface area contributed by atoms with Crippen LogP contribution in [-0.4, -0.2) is 9.97 Å². The molecule has 3 heteroatoms. The molecule has 0 spiro atoms. The smallest absolute Gasteiger partial charge is 0.103 e. The predicted octanol–water partition coefficient (Wildman–Crippen LogP) is 5.41. The molecular weight excluding hydrogens is 276 g/mol. The first-order chi connectivity index (χ1) is 9.93. The number of hydrogen-bond donors (Lipinski definition) is 1. The van der Waals surface area contributed by atoms with E-state index in [2.05, 4.69) is 67.1 Å². The van der Waals surface area contributed by atoms with E-state index < -0.39 is 0 Å². The maximum Gasteiger partial charge on any atom is 0.103 e. The summed E-state index contributed by atoms with van der Waals surface area (Å²) < 4.78 is 0. The Labute approximate surface area is 129 Å². The van der Waals surface area contributed by atoms with Crippen LogP contribution in [0.5, 0.6) is 0 Å². The Balaban J connectivity index is 1.89. The lowest BCUT2D eigenvalue weighted by Crippen LogP contribution is -2.07. The van der Waals surface area contributed by atoms with Crippen LogP contribution < -0.4 is 0 Å². The Morgan fingerprint density at radius 2 is 1.62 bits per heavy atom. The third-order valence-electron chi connectivity index (χ3n) is 3.52. The molecule has 108 valence electrons. The first-order valence-electron chi connectivity index (χ1n) is 7.16. The average Bonchev–Trinajstić information content (AvgIpc) is 3.07. The molecule has 21 heavy (non-hydrogen) atoms. The topological polar surface area (TPSA) is 28.7 Å². The van der Waals surface area contributed by atoms with Gasteiger partial charge in [0.2, 0.25) is 0 Å². The number of nitrogens with one attached hydrogen (secondary N) is 1. The molecule has 0 amide bonds. The molecule has 0 bridgehead atoms. The highest BCUT2D eigenvalue weighted by molar-refractivity contribution is 7.15. The van der Waals surface area contributed by atoms with Crippen molar-refractivity contribution in [1.82, 2.24) is 9.97 Å². The minimum Gasteiger partial charge on any atom is -0.348 e. The van der Waals surface area contributed by atoms with Crippen LogP contribution in [0, 0.1) is 6.92 Å². The first-order valence-corrected chi connectivity index (χ1v) is 7.98. The van der Waals surface area contributed by atoms with Crippen molar-refractivity contribution < 1.29 is 0 Å². The number of H-pyrrole nitrogens is 1. The van der Waals surface area contributed by atoms with E-state index in [1.165, 1.54) is 15.3 Å². The molecule has 0 fully saturated rings. The lowest BCUT2D eigenvalue weighted by atomic mass is 9.95. The van der Waals surface area contributed by atoms with Gasteiger partial charge < -0.3 is 4.98 Å². The summed E-state index contributed by atoms with van der Waals surface area (Å²) in [6, 6.07) is 13.1. The van der Waals surface area contributed by atoms with E-state index >= 15 is 0 Å². The Morgan fingerprint density at radius 1 is 0.952 bits per heavy atom. The summed E-state index contributed by atoms with van der Waals surface area (Å²) in [5.74, 6) is 0.946. The van der Waals surface area contributed by atoms with Crippen LogP contribution in [-0.2, 0) is 5.41 Å². The summed E-state index contributed by atoms with van der Waals surface area (Å²) in [5, 5.41) is 0. The summed E-state index contributed by atoms with van der Waals surface area (Å²) in [5.41, 5.74) is 3.64. The summed E-state index contributed by atoms with van der Waals surface area (Å²) in [7, 11) is 0. The predicted molar refractivity (Wildman–Crippen MR) is 90.8 cm³/mol. The highest BCUT2D eigenvalue weighted by Crippen LogP contribution is 2.35. The van der Waals surface area contributed by atoms with Gasteiger partial charge in [-0.05, 0) is 30.0 Å². The third kappa shape index (κ3) is 2.93. The van der Waals surface area contributed by atoms with Crippen LogP contribution in [0.15, 0.2) is 42.6 Å². The van der Waals surface area contributed by atoms with Gasteiger partial charge in [-0.3, -0.25) is 0 Å². The molecule has 0 atom stereocenters. The van der Waals surface area contributed by atoms with Crippen molar-refractivity contribution in [2.75, 3.05) is 0 Å². The number of thiophene rings is 1. The van der Waals surface area contributed by atoms with Crippen LogP contribution in [0.1, 0.15) is 31.5 Å². The summed E-state index contributed by atoms with van der Waals surface area (Å²) >= 11 is 1.88. The van der Waals surface area contributed by atoms with Gasteiger partial charge in [-0.25, -0.2) is 4.98 Å². The zero-order valence-corrected chi connectivity index (χ0v) is 13.7. The minimum atomic E-state index is 0.218. The second-order valence-corrected chi connectivity index (χ2v) is 7.45. The van der Waals surface area contributed by atoms with E-state index in [4.69, 9.17) is 0 Å². The van der Waals surface area contributed by atoms with E-state index in [9.17, 15) is 0 Å². The van der Waals surface area contributed by atoms with Gasteiger partial charge in [0.1, 0.15) is 5.82 Å². The van der Waals surface area contributed by atoms with E-state index in [0.29, 0.717) is 0 Å². The second-order valence-electron chi connectivity index (χ2n) is 6.36. The minimum absolute atomic E-state index is 0.218. The van der Waals surface area contributed by atoms with Crippen molar-refractivity contribution in [3.63, 3.8) is 0 Å². The molecule has 3 rings (SSSR count). The lowest BCUT2D eigenvalue weighted by Gasteiger charge is -2.15. The fourth-order valence-electron chi connectivity index (χ4n) is 2.27. The van der Waals surface area contributed by atoms with Gasteiger partial charge in [0.15, 0.2) is 0 Å². The molecule has 1 N–H and O–H groups in total. The van der Waals surface area contributed by atoms with Crippen molar-refractivity contribution in [2.45, 2.75) is 33.1 Å². The zero-order chi connectivity index (χ0) is 15.0. The molecule has 2 nitrogen and oxygen atoms in total. The fourth-order valence-corrected chi connectivity index (χ4v) is 3.34. The van der Waals surface area contributed by atoms with Crippen LogP contribution in [0.2, 0.25) is 0 Å². The van der Waals surface area contributed by atoms with Crippen molar-refractivity contribution in [3.8, 4) is 21.7 Å². The van der Waals surface area contributed by atoms with Crippen molar-refractivity contribution in [3.05, 3.63) is 53.3 Å². The summed E-state index contributed by atoms with van der Waals surface area (Å²) in [6.45, 7) is 8.74. The number of rotatable bonds is 2. The number of aromatic amines is 1. The van der Waals surface area contributed by atoms with Gasteiger partial charge in [-0.15, -0.1) is 11.3 Å². The van der Waals surface area contributed by atoms with E-state index in [0.717, 1.165) is 17.1 Å². The maximum absolute atomic E-state index is 4.47. The number of aromatic nitrogens is 2. The van der Waals surface area contributed by atoms with Crippen LogP contribution in [0.4, 0.5) is 0 Å². The third-order valence-corrected chi connectivity index (χ3v) is 5.08. The summed E-state index contributed by atoms with van der Waals surface area (Å²) in [4.78, 5) is 10.3. The Kier molecular flexibility index (Phi) is 3.46. The molecule has 0 unspecified atom stereocenters. The molecule has 0 aliphatic heterocycles. The summed E-state index contributed by atoms with van der Waals surface area (Å²) in [6.07, 6.45) is 1.95. The largest absolute Gasteiger partial charge is 0.348 e. The Morgan fingerprint density at radius 3 is 2.14 bits per heavy atom. The van der Waals surface area contributed by atoms with Crippen molar-refractivity contribution >= 4 is 11.3 Å². The number of hydrogen-bond acceptors (Lipinski definition) is 2. The van der Waals surface area contributed by atoms with Crippen LogP contribution in [0.25, 0.3) is 21.7 Å². The van der Waals surface area contributed by atoms with E-state index in [-0.39, 0.29) is 5.41 Å². The van der Waals surface area contributed by atoms with Crippen molar-refractivity contribution in [1.29, 1.82) is 0 Å². The Bertz CT molecular complexity index is 742. The maximum atomic E-state index is 4.47. The molecule has 1 aromatic carbocycles. The molecular formula is C18H20N2S. The van der Waals surface area contributed by atoms with Crippen LogP contribution in [0.3, 0.4) is 0 Å². The van der Waals surface area contributed by atoms with E-state index in [1.54, 1.807) is 0 Å². The van der Waals surface area contributed by atoms with Gasteiger partial charge in [-0.2, -0.15) is 0 Å².